The Balaban J connectivity index is 2.18. The molecule has 2 heterocycles. The van der Waals surface area contributed by atoms with E-state index in [1.54, 1.807) is 0 Å². The number of alkyl halides is 3. The van der Waals surface area contributed by atoms with Crippen molar-refractivity contribution in [3.8, 4) is 0 Å². The van der Waals surface area contributed by atoms with Gasteiger partial charge in [-0.25, -0.2) is 0 Å². The Morgan fingerprint density at radius 1 is 1.17 bits per heavy atom. The Morgan fingerprint density at radius 2 is 1.78 bits per heavy atom. The summed E-state index contributed by atoms with van der Waals surface area (Å²) in [6.07, 6.45) is -3.10. The van der Waals surface area contributed by atoms with E-state index >= 15 is 0 Å². The molecule has 3 rings (SSSR count). The lowest BCUT2D eigenvalue weighted by molar-refractivity contribution is -0.141. The van der Waals surface area contributed by atoms with Crippen LogP contribution in [0.1, 0.15) is 107 Å². The van der Waals surface area contributed by atoms with Gasteiger partial charge in [0.15, 0.2) is 8.32 Å². The third-order valence-corrected chi connectivity index (χ3v) is 13.1. The highest BCUT2D eigenvalue weighted by molar-refractivity contribution is 14.1. The molecule has 0 radical (unpaired) electrons. The first-order valence-electron chi connectivity index (χ1n) is 12.4. The van der Waals surface area contributed by atoms with Gasteiger partial charge in [0.25, 0.3) is 0 Å². The molecule has 0 aliphatic heterocycles. The first kappa shape index (κ1) is 29.5. The highest BCUT2D eigenvalue weighted by Crippen LogP contribution is 2.50. The number of aliphatic hydroxyl groups excluding tert-OH is 1. The number of aliphatic hydroxyl groups is 1. The molecule has 2 aromatic heterocycles. The lowest BCUT2D eigenvalue weighted by Gasteiger charge is -2.44. The average molecular weight is 635 g/mol. The molecule has 0 saturated carbocycles. The van der Waals surface area contributed by atoms with Crippen LogP contribution in [0.4, 0.5) is 13.2 Å². The Bertz CT molecular complexity index is 1110. The lowest BCUT2D eigenvalue weighted by Crippen LogP contribution is -2.44. The summed E-state index contributed by atoms with van der Waals surface area (Å²) in [5.74, 6) is 0.0145. The van der Waals surface area contributed by atoms with Gasteiger partial charge >= 0.3 is 6.18 Å². The minimum atomic E-state index is -4.53. The Morgan fingerprint density at radius 3 is 2.25 bits per heavy atom. The number of aromatic nitrogens is 2. The minimum Gasteiger partial charge on any atom is -0.410 e. The first-order chi connectivity index (χ1) is 16.2. The normalized spacial score (nSPS) is 19.4. The van der Waals surface area contributed by atoms with E-state index in [0.29, 0.717) is 11.1 Å². The number of pyridine rings is 2. The van der Waals surface area contributed by atoms with Crippen molar-refractivity contribution in [2.75, 3.05) is 0 Å². The summed E-state index contributed by atoms with van der Waals surface area (Å²) < 4.78 is 47.0. The molecule has 36 heavy (non-hydrogen) atoms. The predicted octanol–water partition coefficient (Wildman–Crippen LogP) is 8.34. The Kier molecular flexibility index (Phi) is 8.14. The third kappa shape index (κ3) is 5.99. The topological polar surface area (TPSA) is 55.2 Å². The van der Waals surface area contributed by atoms with E-state index in [1.165, 1.54) is 6.07 Å². The van der Waals surface area contributed by atoms with Crippen molar-refractivity contribution in [3.63, 3.8) is 0 Å². The summed E-state index contributed by atoms with van der Waals surface area (Å²) in [6, 6.07) is 2.21. The molecule has 4 nitrogen and oxygen atoms in total. The van der Waals surface area contributed by atoms with Gasteiger partial charge in [0.1, 0.15) is 11.8 Å². The van der Waals surface area contributed by atoms with Gasteiger partial charge in [0.05, 0.1) is 11.8 Å². The van der Waals surface area contributed by atoms with Crippen molar-refractivity contribution in [1.82, 2.24) is 9.97 Å². The maximum absolute atomic E-state index is 13.0. The standard InChI is InChI=1S/C27H38F3IN2O2Si/c1-15(2)23-21(24(34)16-10-11-19(32-14-16)27(28,29)30)22(31)20-17(33-23)12-26(6,7)13-18(20)35-36(8,9)25(3,4)5/h10-11,14-15,18,24,34H,12-13H2,1-9H3/t18-,24?/m1/s1. The average Bonchev–Trinajstić information content (AvgIpc) is 2.70. The van der Waals surface area contributed by atoms with Crippen molar-refractivity contribution in [2.24, 2.45) is 5.41 Å². The third-order valence-electron chi connectivity index (χ3n) is 7.48. The molecule has 0 amide bonds. The minimum absolute atomic E-state index is 0.00182. The maximum Gasteiger partial charge on any atom is 0.433 e. The van der Waals surface area contributed by atoms with E-state index in [4.69, 9.17) is 9.41 Å². The molecule has 0 aromatic carbocycles. The molecule has 0 saturated heterocycles. The number of rotatable bonds is 5. The number of hydrogen-bond acceptors (Lipinski definition) is 4. The molecule has 200 valence electrons. The van der Waals surface area contributed by atoms with Crippen molar-refractivity contribution in [3.05, 3.63) is 55.7 Å². The van der Waals surface area contributed by atoms with Gasteiger partial charge in [-0.3, -0.25) is 9.97 Å². The number of nitrogens with zero attached hydrogens (tertiary/aromatic N) is 2. The summed E-state index contributed by atoms with van der Waals surface area (Å²) in [7, 11) is -2.12. The van der Waals surface area contributed by atoms with E-state index in [1.807, 2.05) is 13.8 Å². The largest absolute Gasteiger partial charge is 0.433 e. The molecule has 1 aliphatic carbocycles. The van der Waals surface area contributed by atoms with Gasteiger partial charge in [-0.15, -0.1) is 0 Å². The zero-order valence-corrected chi connectivity index (χ0v) is 25.8. The molecular formula is C27H38F3IN2O2Si. The van der Waals surface area contributed by atoms with Gasteiger partial charge < -0.3 is 9.53 Å². The Labute approximate surface area is 227 Å². The van der Waals surface area contributed by atoms with E-state index in [0.717, 1.165) is 45.6 Å². The van der Waals surface area contributed by atoms with Crippen LogP contribution >= 0.6 is 22.6 Å². The van der Waals surface area contributed by atoms with E-state index in [2.05, 4.69) is 75.3 Å². The van der Waals surface area contributed by atoms with Crippen LogP contribution in [0.5, 0.6) is 0 Å². The molecule has 0 bridgehead atoms. The monoisotopic (exact) mass is 634 g/mol. The first-order valence-corrected chi connectivity index (χ1v) is 16.3. The fourth-order valence-electron chi connectivity index (χ4n) is 4.48. The zero-order chi connectivity index (χ0) is 27.4. The SMILES string of the molecule is CC(C)c1nc2c(c(I)c1C(O)c1ccc(C(F)(F)F)nc1)[C@H](O[Si](C)(C)C(C)(C)C)CC(C)(C)C2. The van der Waals surface area contributed by atoms with Crippen LogP contribution in [-0.4, -0.2) is 23.4 Å². The molecule has 9 heteroatoms. The molecular weight excluding hydrogens is 596 g/mol. The van der Waals surface area contributed by atoms with Crippen LogP contribution in [0.2, 0.25) is 18.1 Å². The second-order valence-electron chi connectivity index (χ2n) is 12.5. The van der Waals surface area contributed by atoms with Crippen LogP contribution < -0.4 is 0 Å². The molecule has 2 atom stereocenters. The molecule has 2 aromatic rings. The quantitative estimate of drug-likeness (QED) is 0.266. The molecule has 1 aliphatic rings. The van der Waals surface area contributed by atoms with Crippen LogP contribution in [0, 0.1) is 8.99 Å². The number of fused-ring (bicyclic) bond motifs is 1. The molecule has 0 spiro atoms. The lowest BCUT2D eigenvalue weighted by atomic mass is 9.74. The summed E-state index contributed by atoms with van der Waals surface area (Å²) >= 11 is 2.28. The van der Waals surface area contributed by atoms with E-state index in [-0.39, 0.29) is 22.5 Å². The molecule has 0 fully saturated rings. The highest BCUT2D eigenvalue weighted by Gasteiger charge is 2.44. The van der Waals surface area contributed by atoms with Crippen molar-refractivity contribution in [2.45, 2.75) is 104 Å². The van der Waals surface area contributed by atoms with Gasteiger partial charge in [-0.2, -0.15) is 13.2 Å². The Hall–Kier alpha value is -1.04. The summed E-state index contributed by atoms with van der Waals surface area (Å²) in [5, 5.41) is 11.5. The van der Waals surface area contributed by atoms with E-state index < -0.39 is 26.3 Å². The van der Waals surface area contributed by atoms with Crippen LogP contribution in [0.15, 0.2) is 18.3 Å². The van der Waals surface area contributed by atoms with E-state index in [9.17, 15) is 18.3 Å². The molecule has 1 N–H and O–H groups in total. The summed E-state index contributed by atoms with van der Waals surface area (Å²) in [5.41, 5.74) is 2.72. The maximum atomic E-state index is 13.0. The van der Waals surface area contributed by atoms with Crippen LogP contribution in [-0.2, 0) is 17.0 Å². The van der Waals surface area contributed by atoms with Crippen molar-refractivity contribution >= 4 is 30.9 Å². The summed E-state index contributed by atoms with van der Waals surface area (Å²) in [4.78, 5) is 8.66. The zero-order valence-electron chi connectivity index (χ0n) is 22.6. The van der Waals surface area contributed by atoms with Gasteiger partial charge in [0, 0.05) is 32.2 Å². The van der Waals surface area contributed by atoms with Crippen LogP contribution in [0.25, 0.3) is 0 Å². The highest BCUT2D eigenvalue weighted by atomic mass is 127. The second kappa shape index (κ2) is 9.93. The van der Waals surface area contributed by atoms with Gasteiger partial charge in [0.2, 0.25) is 0 Å². The van der Waals surface area contributed by atoms with Gasteiger partial charge in [-0.05, 0) is 71.0 Å². The van der Waals surface area contributed by atoms with Gasteiger partial charge in [-0.1, -0.05) is 54.5 Å². The van der Waals surface area contributed by atoms with Crippen LogP contribution in [0.3, 0.4) is 0 Å². The fraction of sp³-hybridized carbons (Fsp3) is 0.630. The summed E-state index contributed by atoms with van der Waals surface area (Å²) in [6.45, 7) is 19.6. The molecule has 1 unspecified atom stereocenters. The number of hydrogen-bond donors (Lipinski definition) is 1. The predicted molar refractivity (Wildman–Crippen MR) is 147 cm³/mol. The fourth-order valence-corrected chi connectivity index (χ4v) is 6.97. The smallest absolute Gasteiger partial charge is 0.410 e. The second-order valence-corrected chi connectivity index (χ2v) is 18.4. The van der Waals surface area contributed by atoms with Crippen molar-refractivity contribution < 1.29 is 22.7 Å². The van der Waals surface area contributed by atoms with Crippen molar-refractivity contribution in [1.29, 1.82) is 0 Å². The number of halogens is 4.